The molecule has 1 aromatic carbocycles. The molecule has 0 bridgehead atoms. The maximum absolute atomic E-state index is 11.7. The number of amides is 1. The summed E-state index contributed by atoms with van der Waals surface area (Å²) in [5.41, 5.74) is 1.05. The first kappa shape index (κ1) is 12.3. The highest BCUT2D eigenvalue weighted by atomic mass is 127. The number of hydrogen-bond donors (Lipinski definition) is 1. The zero-order valence-electron chi connectivity index (χ0n) is 8.50. The number of halogens is 2. The highest BCUT2D eigenvalue weighted by molar-refractivity contribution is 14.1. The average Bonchev–Trinajstić information content (AvgIpc) is 2.18. The van der Waals surface area contributed by atoms with E-state index in [0.29, 0.717) is 19.6 Å². The van der Waals surface area contributed by atoms with Gasteiger partial charge in [0.15, 0.2) is 0 Å². The molecule has 1 fully saturated rings. The molecule has 16 heavy (non-hydrogen) atoms. The van der Waals surface area contributed by atoms with Crippen molar-refractivity contribution >= 4 is 44.4 Å². The molecule has 1 N–H and O–H groups in total. The first-order valence-electron chi connectivity index (χ1n) is 4.96. The summed E-state index contributed by atoms with van der Waals surface area (Å²) >= 11 is 5.65. The fraction of sp³-hybridized carbons (Fsp3) is 0.364. The Balaban J connectivity index is 1.96. The van der Waals surface area contributed by atoms with Gasteiger partial charge in [-0.3, -0.25) is 4.79 Å². The summed E-state index contributed by atoms with van der Waals surface area (Å²) in [6, 6.07) is 6.17. The van der Waals surface area contributed by atoms with E-state index in [4.69, 9.17) is 4.74 Å². The standard InChI is InChI=1S/C11H11BrINO2/c12-8-1-2-10(13)7(3-8)4-11(15)14-9-5-16-6-9/h1-3,9H,4-6H2,(H,14,15). The van der Waals surface area contributed by atoms with Crippen molar-refractivity contribution in [2.75, 3.05) is 13.2 Å². The quantitative estimate of drug-likeness (QED) is 0.796. The molecule has 5 heteroatoms. The molecule has 2 rings (SSSR count). The third kappa shape index (κ3) is 3.18. The van der Waals surface area contributed by atoms with Gasteiger partial charge < -0.3 is 10.1 Å². The minimum absolute atomic E-state index is 0.0596. The van der Waals surface area contributed by atoms with E-state index in [1.54, 1.807) is 0 Å². The van der Waals surface area contributed by atoms with Gasteiger partial charge in [0.25, 0.3) is 0 Å². The van der Waals surface area contributed by atoms with Crippen LogP contribution >= 0.6 is 38.5 Å². The van der Waals surface area contributed by atoms with Crippen molar-refractivity contribution < 1.29 is 9.53 Å². The van der Waals surface area contributed by atoms with Crippen molar-refractivity contribution in [2.45, 2.75) is 12.5 Å². The van der Waals surface area contributed by atoms with E-state index < -0.39 is 0 Å². The lowest BCUT2D eigenvalue weighted by Crippen LogP contribution is -2.49. The predicted octanol–water partition coefficient (Wildman–Crippen LogP) is 2.11. The third-order valence-corrected chi connectivity index (χ3v) is 3.91. The molecule has 0 spiro atoms. The molecule has 0 unspecified atom stereocenters. The summed E-state index contributed by atoms with van der Waals surface area (Å²) < 4.78 is 7.12. The first-order valence-corrected chi connectivity index (χ1v) is 6.83. The zero-order chi connectivity index (χ0) is 11.5. The maximum atomic E-state index is 11.7. The van der Waals surface area contributed by atoms with E-state index in [1.807, 2.05) is 18.2 Å². The molecule has 1 saturated heterocycles. The number of benzene rings is 1. The summed E-state index contributed by atoms with van der Waals surface area (Å²) in [6.07, 6.45) is 0.425. The van der Waals surface area contributed by atoms with Crippen LogP contribution in [0.5, 0.6) is 0 Å². The number of rotatable bonds is 3. The van der Waals surface area contributed by atoms with E-state index in [2.05, 4.69) is 43.8 Å². The van der Waals surface area contributed by atoms with E-state index >= 15 is 0 Å². The molecular weight excluding hydrogens is 385 g/mol. The van der Waals surface area contributed by atoms with Gasteiger partial charge in [0.1, 0.15) is 0 Å². The number of hydrogen-bond acceptors (Lipinski definition) is 2. The summed E-state index contributed by atoms with van der Waals surface area (Å²) in [4.78, 5) is 11.7. The van der Waals surface area contributed by atoms with Gasteiger partial charge >= 0.3 is 0 Å². The van der Waals surface area contributed by atoms with Crippen molar-refractivity contribution in [3.8, 4) is 0 Å². The number of carbonyl (C=O) groups excluding carboxylic acids is 1. The fourth-order valence-corrected chi connectivity index (χ4v) is 2.38. The van der Waals surface area contributed by atoms with Gasteiger partial charge in [0.05, 0.1) is 25.7 Å². The van der Waals surface area contributed by atoms with E-state index in [-0.39, 0.29) is 11.9 Å². The summed E-state index contributed by atoms with van der Waals surface area (Å²) in [7, 11) is 0. The molecule has 0 atom stereocenters. The molecule has 3 nitrogen and oxygen atoms in total. The van der Waals surface area contributed by atoms with Crippen molar-refractivity contribution in [1.82, 2.24) is 5.32 Å². The van der Waals surface area contributed by atoms with Crippen molar-refractivity contribution in [2.24, 2.45) is 0 Å². The smallest absolute Gasteiger partial charge is 0.224 e. The normalized spacial score (nSPS) is 15.6. The minimum atomic E-state index is 0.0596. The van der Waals surface area contributed by atoms with E-state index in [9.17, 15) is 4.79 Å². The highest BCUT2D eigenvalue weighted by Gasteiger charge is 2.20. The Kier molecular flexibility index (Phi) is 4.21. The highest BCUT2D eigenvalue weighted by Crippen LogP contribution is 2.19. The Hall–Kier alpha value is -0.140. The van der Waals surface area contributed by atoms with Crippen LogP contribution < -0.4 is 5.32 Å². The lowest BCUT2D eigenvalue weighted by atomic mass is 10.1. The van der Waals surface area contributed by atoms with Crippen molar-refractivity contribution in [3.63, 3.8) is 0 Å². The van der Waals surface area contributed by atoms with Gasteiger partial charge in [-0.25, -0.2) is 0 Å². The molecule has 0 aliphatic carbocycles. The molecule has 0 saturated carbocycles. The summed E-state index contributed by atoms with van der Waals surface area (Å²) in [6.45, 7) is 1.28. The summed E-state index contributed by atoms with van der Waals surface area (Å²) in [5.74, 6) is 0.0596. The van der Waals surface area contributed by atoms with Gasteiger partial charge in [0.2, 0.25) is 5.91 Å². The maximum Gasteiger partial charge on any atom is 0.224 e. The van der Waals surface area contributed by atoms with Crippen LogP contribution in [-0.4, -0.2) is 25.2 Å². The Morgan fingerprint density at radius 2 is 2.31 bits per heavy atom. The third-order valence-electron chi connectivity index (χ3n) is 2.36. The van der Waals surface area contributed by atoms with E-state index in [1.165, 1.54) is 0 Å². The zero-order valence-corrected chi connectivity index (χ0v) is 12.2. The molecule has 0 radical (unpaired) electrons. The Labute approximate surface area is 116 Å². The Bertz CT molecular complexity index is 407. The molecule has 1 aromatic rings. The minimum Gasteiger partial charge on any atom is -0.377 e. The van der Waals surface area contributed by atoms with Gasteiger partial charge in [-0.15, -0.1) is 0 Å². The molecule has 0 aromatic heterocycles. The van der Waals surface area contributed by atoms with Crippen molar-refractivity contribution in [3.05, 3.63) is 31.8 Å². The van der Waals surface area contributed by atoms with Crippen molar-refractivity contribution in [1.29, 1.82) is 0 Å². The van der Waals surface area contributed by atoms with Gasteiger partial charge in [-0.2, -0.15) is 0 Å². The van der Waals surface area contributed by atoms with Crippen LogP contribution in [0.1, 0.15) is 5.56 Å². The lowest BCUT2D eigenvalue weighted by Gasteiger charge is -2.26. The van der Waals surface area contributed by atoms with Crippen LogP contribution in [-0.2, 0) is 16.0 Å². The van der Waals surface area contributed by atoms with Gasteiger partial charge in [-0.05, 0) is 46.4 Å². The van der Waals surface area contributed by atoms with Crippen LogP contribution in [0, 0.1) is 3.57 Å². The SMILES string of the molecule is O=C(Cc1cc(Br)ccc1I)NC1COC1. The number of carbonyl (C=O) groups is 1. The predicted molar refractivity (Wildman–Crippen MR) is 73.3 cm³/mol. The summed E-state index contributed by atoms with van der Waals surface area (Å²) in [5, 5.41) is 2.93. The van der Waals surface area contributed by atoms with Crippen LogP contribution in [0.3, 0.4) is 0 Å². The lowest BCUT2D eigenvalue weighted by molar-refractivity contribution is -0.124. The first-order chi connectivity index (χ1) is 7.65. The van der Waals surface area contributed by atoms with Crippen LogP contribution in [0.15, 0.2) is 22.7 Å². The largest absolute Gasteiger partial charge is 0.377 e. The molecule has 1 aliphatic rings. The topological polar surface area (TPSA) is 38.3 Å². The van der Waals surface area contributed by atoms with Gasteiger partial charge in [0, 0.05) is 8.04 Å². The van der Waals surface area contributed by atoms with Crippen LogP contribution in [0.4, 0.5) is 0 Å². The molecule has 1 heterocycles. The van der Waals surface area contributed by atoms with Crippen LogP contribution in [0.25, 0.3) is 0 Å². The number of ether oxygens (including phenoxy) is 1. The fourth-order valence-electron chi connectivity index (χ4n) is 1.45. The van der Waals surface area contributed by atoms with Crippen LogP contribution in [0.2, 0.25) is 0 Å². The molecular formula is C11H11BrINO2. The molecule has 1 aliphatic heterocycles. The second-order valence-electron chi connectivity index (χ2n) is 3.71. The second-order valence-corrected chi connectivity index (χ2v) is 5.79. The Morgan fingerprint density at radius 3 is 2.94 bits per heavy atom. The average molecular weight is 396 g/mol. The molecule has 1 amide bonds. The monoisotopic (exact) mass is 395 g/mol. The molecule has 86 valence electrons. The number of nitrogens with one attached hydrogen (secondary N) is 1. The van der Waals surface area contributed by atoms with E-state index in [0.717, 1.165) is 13.6 Å². The van der Waals surface area contributed by atoms with Gasteiger partial charge in [-0.1, -0.05) is 15.9 Å². The Morgan fingerprint density at radius 1 is 1.56 bits per heavy atom. The second kappa shape index (κ2) is 5.46.